The lowest BCUT2D eigenvalue weighted by molar-refractivity contribution is -0.143. The van der Waals surface area contributed by atoms with E-state index >= 15 is 0 Å². The van der Waals surface area contributed by atoms with Gasteiger partial charge in [-0.2, -0.15) is 0 Å². The van der Waals surface area contributed by atoms with Crippen molar-refractivity contribution in [2.75, 3.05) is 19.8 Å². The number of nitrogens with zero attached hydrogens (tertiary/aromatic N) is 1. The predicted octanol–water partition coefficient (Wildman–Crippen LogP) is 4.32. The van der Waals surface area contributed by atoms with Crippen molar-refractivity contribution in [3.8, 4) is 5.75 Å². The maximum atomic E-state index is 13.3. The summed E-state index contributed by atoms with van der Waals surface area (Å²) >= 11 is 0. The molecule has 1 amide bonds. The van der Waals surface area contributed by atoms with Crippen LogP contribution in [0, 0.1) is 5.92 Å². The van der Waals surface area contributed by atoms with E-state index in [1.54, 1.807) is 17.9 Å². The monoisotopic (exact) mass is 383 g/mol. The molecule has 5 heteroatoms. The van der Waals surface area contributed by atoms with Gasteiger partial charge in [-0.05, 0) is 30.5 Å². The summed E-state index contributed by atoms with van der Waals surface area (Å²) in [7, 11) is 0. The minimum absolute atomic E-state index is 0.154. The maximum Gasteiger partial charge on any atom is 0.307 e. The van der Waals surface area contributed by atoms with Crippen LogP contribution in [-0.4, -0.2) is 36.5 Å². The van der Waals surface area contributed by atoms with Gasteiger partial charge in [0.2, 0.25) is 0 Å². The number of benzene rings is 2. The molecule has 0 unspecified atom stereocenters. The van der Waals surface area contributed by atoms with E-state index in [2.05, 4.69) is 13.8 Å². The molecule has 0 radical (unpaired) electrons. The molecule has 0 fully saturated rings. The predicted molar refractivity (Wildman–Crippen MR) is 109 cm³/mol. The topological polar surface area (TPSA) is 55.8 Å². The molecule has 2 aromatic carbocycles. The van der Waals surface area contributed by atoms with Gasteiger partial charge >= 0.3 is 5.97 Å². The van der Waals surface area contributed by atoms with Gasteiger partial charge in [-0.3, -0.25) is 9.59 Å². The van der Waals surface area contributed by atoms with Crippen molar-refractivity contribution in [3.63, 3.8) is 0 Å². The van der Waals surface area contributed by atoms with Crippen molar-refractivity contribution in [2.24, 2.45) is 5.92 Å². The highest BCUT2D eigenvalue weighted by Crippen LogP contribution is 2.22. The average molecular weight is 383 g/mol. The minimum Gasteiger partial charge on any atom is -0.492 e. The number of para-hydroxylation sites is 1. The first-order chi connectivity index (χ1) is 13.5. The third kappa shape index (κ3) is 6.72. The largest absolute Gasteiger partial charge is 0.492 e. The van der Waals surface area contributed by atoms with Crippen LogP contribution in [0.25, 0.3) is 0 Å². The molecule has 0 saturated heterocycles. The molecule has 0 heterocycles. The minimum atomic E-state index is -0.308. The van der Waals surface area contributed by atoms with Gasteiger partial charge in [-0.25, -0.2) is 0 Å². The van der Waals surface area contributed by atoms with Gasteiger partial charge in [-0.15, -0.1) is 0 Å². The fourth-order valence-electron chi connectivity index (χ4n) is 2.71. The second-order valence-electron chi connectivity index (χ2n) is 6.97. The van der Waals surface area contributed by atoms with Crippen LogP contribution in [-0.2, 0) is 16.1 Å². The Labute approximate surface area is 167 Å². The van der Waals surface area contributed by atoms with Crippen LogP contribution >= 0.6 is 0 Å². The van der Waals surface area contributed by atoms with E-state index in [-0.39, 0.29) is 24.8 Å². The summed E-state index contributed by atoms with van der Waals surface area (Å²) in [5.41, 5.74) is 1.50. The van der Waals surface area contributed by atoms with Gasteiger partial charge in [0.15, 0.2) is 0 Å². The molecule has 0 aliphatic rings. The molecule has 5 nitrogen and oxygen atoms in total. The van der Waals surface area contributed by atoms with E-state index in [4.69, 9.17) is 9.47 Å². The molecule has 150 valence electrons. The molecule has 0 aromatic heterocycles. The van der Waals surface area contributed by atoms with E-state index in [0.29, 0.717) is 37.0 Å². The first-order valence-corrected chi connectivity index (χ1v) is 9.72. The summed E-state index contributed by atoms with van der Waals surface area (Å²) in [6, 6.07) is 17.0. The Bertz CT molecular complexity index is 758. The van der Waals surface area contributed by atoms with Gasteiger partial charge in [0.05, 0.1) is 25.2 Å². The third-order valence-electron chi connectivity index (χ3n) is 4.08. The molecular formula is C23H29NO4. The normalized spacial score (nSPS) is 10.6. The molecule has 28 heavy (non-hydrogen) atoms. The van der Waals surface area contributed by atoms with Crippen LogP contribution in [0.2, 0.25) is 0 Å². The highest BCUT2D eigenvalue weighted by atomic mass is 16.5. The Hall–Kier alpha value is -2.82. The number of carbonyl (C=O) groups is 2. The van der Waals surface area contributed by atoms with Crippen LogP contribution in [0.15, 0.2) is 54.6 Å². The van der Waals surface area contributed by atoms with Crippen LogP contribution in [0.3, 0.4) is 0 Å². The van der Waals surface area contributed by atoms with Crippen LogP contribution in [0.4, 0.5) is 0 Å². The number of esters is 1. The van der Waals surface area contributed by atoms with Gasteiger partial charge in [0, 0.05) is 13.1 Å². The molecule has 2 aromatic rings. The second kappa shape index (κ2) is 11.1. The number of amides is 1. The zero-order valence-electron chi connectivity index (χ0n) is 16.9. The Morgan fingerprint density at radius 3 is 2.36 bits per heavy atom. The molecule has 0 aliphatic heterocycles. The molecule has 0 N–H and O–H groups in total. The lowest BCUT2D eigenvalue weighted by Gasteiger charge is -2.24. The SMILES string of the molecule is CCOC(=O)CCN(Cc1ccccc1)C(=O)c1ccccc1OCC(C)C. The summed E-state index contributed by atoms with van der Waals surface area (Å²) in [5.74, 6) is 0.452. The summed E-state index contributed by atoms with van der Waals surface area (Å²) < 4.78 is 10.9. The van der Waals surface area contributed by atoms with Crippen molar-refractivity contribution >= 4 is 11.9 Å². The van der Waals surface area contributed by atoms with Crippen molar-refractivity contribution in [1.82, 2.24) is 4.90 Å². The van der Waals surface area contributed by atoms with Crippen molar-refractivity contribution in [2.45, 2.75) is 33.7 Å². The van der Waals surface area contributed by atoms with Crippen LogP contribution in [0.5, 0.6) is 5.75 Å². The molecule has 0 saturated carbocycles. The fraction of sp³-hybridized carbons (Fsp3) is 0.391. The van der Waals surface area contributed by atoms with Gasteiger partial charge in [0.1, 0.15) is 5.75 Å². The van der Waals surface area contributed by atoms with Crippen molar-refractivity contribution in [1.29, 1.82) is 0 Å². The summed E-state index contributed by atoms with van der Waals surface area (Å²) in [6.07, 6.45) is 0.154. The first-order valence-electron chi connectivity index (χ1n) is 9.72. The second-order valence-corrected chi connectivity index (χ2v) is 6.97. The van der Waals surface area contributed by atoms with E-state index in [1.807, 2.05) is 48.5 Å². The maximum absolute atomic E-state index is 13.3. The third-order valence-corrected chi connectivity index (χ3v) is 4.08. The van der Waals surface area contributed by atoms with E-state index < -0.39 is 0 Å². The highest BCUT2D eigenvalue weighted by Gasteiger charge is 2.21. The lowest BCUT2D eigenvalue weighted by Crippen LogP contribution is -2.33. The van der Waals surface area contributed by atoms with Crippen molar-refractivity contribution < 1.29 is 19.1 Å². The van der Waals surface area contributed by atoms with Gasteiger partial charge in [0.25, 0.3) is 5.91 Å². The number of hydrogen-bond donors (Lipinski definition) is 0. The smallest absolute Gasteiger partial charge is 0.307 e. The van der Waals surface area contributed by atoms with Crippen LogP contribution in [0.1, 0.15) is 43.1 Å². The molecule has 2 rings (SSSR count). The number of ether oxygens (including phenoxy) is 2. The quantitative estimate of drug-likeness (QED) is 0.574. The Kier molecular flexibility index (Phi) is 8.53. The number of rotatable bonds is 10. The molecular weight excluding hydrogens is 354 g/mol. The van der Waals surface area contributed by atoms with E-state index in [9.17, 15) is 9.59 Å². The molecule has 0 bridgehead atoms. The Balaban J connectivity index is 2.21. The summed E-state index contributed by atoms with van der Waals surface area (Å²) in [6.45, 7) is 7.45. The molecule has 0 spiro atoms. The highest BCUT2D eigenvalue weighted by molar-refractivity contribution is 5.97. The average Bonchev–Trinajstić information content (AvgIpc) is 2.70. The number of carbonyl (C=O) groups excluding carboxylic acids is 2. The molecule has 0 aliphatic carbocycles. The van der Waals surface area contributed by atoms with E-state index in [0.717, 1.165) is 5.56 Å². The Morgan fingerprint density at radius 2 is 1.68 bits per heavy atom. The lowest BCUT2D eigenvalue weighted by atomic mass is 10.1. The number of hydrogen-bond acceptors (Lipinski definition) is 4. The summed E-state index contributed by atoms with van der Waals surface area (Å²) in [4.78, 5) is 26.8. The van der Waals surface area contributed by atoms with Gasteiger partial charge in [-0.1, -0.05) is 56.3 Å². The first kappa shape index (κ1) is 21.5. The Morgan fingerprint density at radius 1 is 1.00 bits per heavy atom. The molecule has 0 atom stereocenters. The zero-order valence-corrected chi connectivity index (χ0v) is 16.9. The summed E-state index contributed by atoms with van der Waals surface area (Å²) in [5, 5.41) is 0. The van der Waals surface area contributed by atoms with E-state index in [1.165, 1.54) is 0 Å². The van der Waals surface area contributed by atoms with Crippen LogP contribution < -0.4 is 4.74 Å². The zero-order chi connectivity index (χ0) is 20.4. The van der Waals surface area contributed by atoms with Gasteiger partial charge < -0.3 is 14.4 Å². The standard InChI is InChI=1S/C23H29NO4/c1-4-27-22(25)14-15-24(16-19-10-6-5-7-11-19)23(26)20-12-8-9-13-21(20)28-17-18(2)3/h5-13,18H,4,14-17H2,1-3H3. The van der Waals surface area contributed by atoms with Crippen molar-refractivity contribution in [3.05, 3.63) is 65.7 Å². The fourth-order valence-corrected chi connectivity index (χ4v) is 2.71.